The molecule has 9 nitrogen and oxygen atoms in total. The Bertz CT molecular complexity index is 1010. The van der Waals surface area contributed by atoms with Crippen LogP contribution in [0.2, 0.25) is 0 Å². The molecule has 130 valence electrons. The van der Waals surface area contributed by atoms with Crippen LogP contribution >= 0.6 is 0 Å². The van der Waals surface area contributed by atoms with Crippen molar-refractivity contribution in [1.82, 2.24) is 14.5 Å². The lowest BCUT2D eigenvalue weighted by molar-refractivity contribution is 0.237. The summed E-state index contributed by atoms with van der Waals surface area (Å²) in [5.74, 6) is -0.945. The Hall–Kier alpha value is -3.20. The topological polar surface area (TPSA) is 140 Å². The molecule has 3 aromatic rings. The van der Waals surface area contributed by atoms with Gasteiger partial charge in [-0.2, -0.15) is 0 Å². The van der Waals surface area contributed by atoms with Gasteiger partial charge in [0.1, 0.15) is 25.4 Å². The van der Waals surface area contributed by atoms with E-state index in [-0.39, 0.29) is 17.5 Å². The average molecular weight is 344 g/mol. The number of nitrogens with zero attached hydrogens (tertiary/aromatic N) is 3. The molecule has 0 radical (unpaired) electrons. The van der Waals surface area contributed by atoms with Crippen molar-refractivity contribution in [2.45, 2.75) is 18.9 Å². The lowest BCUT2D eigenvalue weighted by atomic mass is 9.84. The zero-order valence-electron chi connectivity index (χ0n) is 13.3. The molecule has 0 amide bonds. The number of aliphatic hydroxyl groups is 1. The first-order chi connectivity index (χ1) is 12.0. The molecule has 0 fully saturated rings. The molecule has 0 aliphatic carbocycles. The summed E-state index contributed by atoms with van der Waals surface area (Å²) < 4.78 is 12.2. The standard InChI is InChI=1S/C16H16N4O5/c1-16(2-3-24-6-16)8-4-20(14-10(8)13(17)18-7-19-14)15-12(23)11(22)9(5-21)25-15/h2-4,7,21-23H,5-6H2,1H3,(H2,17,18,19). The fourth-order valence-corrected chi connectivity index (χ4v) is 3.03. The summed E-state index contributed by atoms with van der Waals surface area (Å²) in [5, 5.41) is 29.9. The van der Waals surface area contributed by atoms with Gasteiger partial charge in [-0.15, -0.1) is 0 Å². The minimum Gasteiger partial charge on any atom is -0.502 e. The summed E-state index contributed by atoms with van der Waals surface area (Å²) in [6, 6.07) is 0. The van der Waals surface area contributed by atoms with Crippen molar-refractivity contribution in [2.75, 3.05) is 12.3 Å². The Balaban J connectivity index is 2.04. The highest BCUT2D eigenvalue weighted by atomic mass is 16.5. The molecule has 0 saturated carbocycles. The Morgan fingerprint density at radius 1 is 1.32 bits per heavy atom. The van der Waals surface area contributed by atoms with E-state index in [1.807, 2.05) is 13.0 Å². The van der Waals surface area contributed by atoms with Gasteiger partial charge in [-0.25, -0.2) is 9.97 Å². The summed E-state index contributed by atoms with van der Waals surface area (Å²) in [4.78, 5) is 8.28. The summed E-state index contributed by atoms with van der Waals surface area (Å²) in [6.45, 7) is 1.83. The SMILES string of the molecule is CC1(c2cn(-c3oc(CO)c(O)c3O)c3ncnc(N)c23)C=COC1. The van der Waals surface area contributed by atoms with E-state index in [9.17, 15) is 15.3 Å². The van der Waals surface area contributed by atoms with Crippen LogP contribution in [0.15, 0.2) is 29.3 Å². The lowest BCUT2D eigenvalue weighted by Crippen LogP contribution is -2.21. The minimum absolute atomic E-state index is 0.0672. The van der Waals surface area contributed by atoms with Gasteiger partial charge in [0.2, 0.25) is 11.5 Å². The fraction of sp³-hybridized carbons (Fsp3) is 0.250. The van der Waals surface area contributed by atoms with Gasteiger partial charge in [-0.3, -0.25) is 4.57 Å². The number of aliphatic hydroxyl groups excluding tert-OH is 1. The van der Waals surface area contributed by atoms with Gasteiger partial charge in [-0.1, -0.05) is 0 Å². The van der Waals surface area contributed by atoms with Crippen LogP contribution in [-0.4, -0.2) is 36.5 Å². The zero-order valence-corrected chi connectivity index (χ0v) is 13.3. The molecule has 1 aliphatic heterocycles. The normalized spacial score (nSPS) is 19.6. The van der Waals surface area contributed by atoms with Gasteiger partial charge in [0.05, 0.1) is 17.1 Å². The van der Waals surface area contributed by atoms with E-state index < -0.39 is 23.5 Å². The highest BCUT2D eigenvalue weighted by molar-refractivity contribution is 5.92. The molecular formula is C16H16N4O5. The van der Waals surface area contributed by atoms with E-state index in [2.05, 4.69) is 9.97 Å². The average Bonchev–Trinajstić information content (AvgIpc) is 3.27. The second-order valence-corrected chi connectivity index (χ2v) is 6.09. The largest absolute Gasteiger partial charge is 0.502 e. The molecule has 1 atom stereocenters. The molecule has 1 aliphatic rings. The number of hydrogen-bond acceptors (Lipinski definition) is 8. The van der Waals surface area contributed by atoms with E-state index in [1.165, 1.54) is 10.9 Å². The van der Waals surface area contributed by atoms with Crippen LogP contribution in [0.1, 0.15) is 18.2 Å². The van der Waals surface area contributed by atoms with Gasteiger partial charge >= 0.3 is 0 Å². The van der Waals surface area contributed by atoms with Crippen molar-refractivity contribution in [3.63, 3.8) is 0 Å². The van der Waals surface area contributed by atoms with Crippen molar-refractivity contribution in [3.8, 4) is 17.4 Å². The first kappa shape index (κ1) is 15.3. The number of aromatic nitrogens is 3. The zero-order chi connectivity index (χ0) is 17.8. The van der Waals surface area contributed by atoms with Crippen LogP contribution < -0.4 is 5.73 Å². The molecule has 0 spiro atoms. The third-order valence-electron chi connectivity index (χ3n) is 4.42. The fourth-order valence-electron chi connectivity index (χ4n) is 3.03. The number of nitrogen functional groups attached to an aromatic ring is 1. The van der Waals surface area contributed by atoms with Crippen LogP contribution in [0, 0.1) is 0 Å². The number of hydrogen-bond donors (Lipinski definition) is 4. The van der Waals surface area contributed by atoms with Crippen molar-refractivity contribution in [2.24, 2.45) is 0 Å². The monoisotopic (exact) mass is 344 g/mol. The minimum atomic E-state index is -0.559. The summed E-state index contributed by atoms with van der Waals surface area (Å²) in [6.07, 6.45) is 6.52. The number of fused-ring (bicyclic) bond motifs is 1. The number of furan rings is 1. The number of nitrogens with two attached hydrogens (primary N) is 1. The van der Waals surface area contributed by atoms with Crippen LogP contribution in [-0.2, 0) is 16.8 Å². The maximum atomic E-state index is 10.2. The van der Waals surface area contributed by atoms with E-state index in [0.29, 0.717) is 17.6 Å². The molecule has 3 aromatic heterocycles. The number of ether oxygens (including phenoxy) is 1. The van der Waals surface area contributed by atoms with Gasteiger partial charge in [-0.05, 0) is 18.6 Å². The third kappa shape index (κ3) is 2.06. The molecule has 4 rings (SSSR count). The van der Waals surface area contributed by atoms with Gasteiger partial charge in [0, 0.05) is 6.20 Å². The number of anilines is 1. The Labute approximate surface area is 141 Å². The Morgan fingerprint density at radius 2 is 2.12 bits per heavy atom. The van der Waals surface area contributed by atoms with Crippen LogP contribution in [0.4, 0.5) is 5.82 Å². The molecule has 5 N–H and O–H groups in total. The van der Waals surface area contributed by atoms with E-state index >= 15 is 0 Å². The van der Waals surface area contributed by atoms with Gasteiger partial charge in [0.15, 0.2) is 11.4 Å². The predicted octanol–water partition coefficient (Wildman–Crippen LogP) is 1.30. The molecular weight excluding hydrogens is 328 g/mol. The van der Waals surface area contributed by atoms with Crippen LogP contribution in [0.25, 0.3) is 16.9 Å². The molecule has 9 heteroatoms. The third-order valence-corrected chi connectivity index (χ3v) is 4.42. The smallest absolute Gasteiger partial charge is 0.252 e. The quantitative estimate of drug-likeness (QED) is 0.557. The highest BCUT2D eigenvalue weighted by Crippen LogP contribution is 2.43. The van der Waals surface area contributed by atoms with Gasteiger partial charge in [0.25, 0.3) is 5.88 Å². The van der Waals surface area contributed by atoms with Crippen molar-refractivity contribution in [1.29, 1.82) is 0 Å². The number of aromatic hydroxyl groups is 2. The molecule has 1 unspecified atom stereocenters. The first-order valence-corrected chi connectivity index (χ1v) is 7.52. The number of rotatable bonds is 3. The van der Waals surface area contributed by atoms with Crippen molar-refractivity contribution >= 4 is 16.9 Å². The molecule has 0 saturated heterocycles. The molecule has 4 heterocycles. The van der Waals surface area contributed by atoms with Crippen LogP contribution in [0.5, 0.6) is 11.5 Å². The van der Waals surface area contributed by atoms with Crippen LogP contribution in [0.3, 0.4) is 0 Å². The van der Waals surface area contributed by atoms with Crippen molar-refractivity contribution < 1.29 is 24.5 Å². The second-order valence-electron chi connectivity index (χ2n) is 6.09. The van der Waals surface area contributed by atoms with E-state index in [4.69, 9.17) is 14.9 Å². The van der Waals surface area contributed by atoms with E-state index in [1.54, 1.807) is 12.5 Å². The molecule has 0 aromatic carbocycles. The van der Waals surface area contributed by atoms with E-state index in [0.717, 1.165) is 5.56 Å². The maximum Gasteiger partial charge on any atom is 0.252 e. The molecule has 25 heavy (non-hydrogen) atoms. The second kappa shape index (κ2) is 5.15. The lowest BCUT2D eigenvalue weighted by Gasteiger charge is -2.19. The van der Waals surface area contributed by atoms with Gasteiger partial charge < -0.3 is 30.2 Å². The first-order valence-electron chi connectivity index (χ1n) is 7.52. The maximum absolute atomic E-state index is 10.2. The summed E-state index contributed by atoms with van der Waals surface area (Å²) in [7, 11) is 0. The highest BCUT2D eigenvalue weighted by Gasteiger charge is 2.34. The Kier molecular flexibility index (Phi) is 3.16. The van der Waals surface area contributed by atoms with Crippen molar-refractivity contribution in [3.05, 3.63) is 36.2 Å². The predicted molar refractivity (Wildman–Crippen MR) is 87.2 cm³/mol. The Morgan fingerprint density at radius 3 is 2.76 bits per heavy atom. The summed E-state index contributed by atoms with van der Waals surface area (Å²) >= 11 is 0. The summed E-state index contributed by atoms with van der Waals surface area (Å²) in [5.41, 5.74) is 6.78. The molecule has 0 bridgehead atoms.